The van der Waals surface area contributed by atoms with Crippen LogP contribution in [-0.2, 0) is 16.0 Å². The number of benzene rings is 1. The smallest absolute Gasteiger partial charge is 0.305 e. The third kappa shape index (κ3) is 3.66. The van der Waals surface area contributed by atoms with E-state index in [0.29, 0.717) is 24.2 Å². The van der Waals surface area contributed by atoms with Crippen LogP contribution in [0.25, 0.3) is 5.57 Å². The van der Waals surface area contributed by atoms with Gasteiger partial charge >= 0.3 is 5.97 Å². The number of halogens is 1. The molecule has 2 fully saturated rings. The lowest BCUT2D eigenvalue weighted by atomic mass is 9.48. The number of anilines is 2. The molecule has 1 aromatic heterocycles. The van der Waals surface area contributed by atoms with Crippen molar-refractivity contribution in [3.05, 3.63) is 46.7 Å². The van der Waals surface area contributed by atoms with Crippen molar-refractivity contribution < 1.29 is 13.9 Å². The largest absolute Gasteiger partial charge is 0.462 e. The molecule has 0 amide bonds. The number of aryl methyl sites for hydroxylation is 1. The Bertz CT molecular complexity index is 1170. The average Bonchev–Trinajstić information content (AvgIpc) is 3.40. The lowest BCUT2D eigenvalue weighted by Crippen LogP contribution is -2.50. The summed E-state index contributed by atoms with van der Waals surface area (Å²) in [6.07, 6.45) is 10.9. The van der Waals surface area contributed by atoms with E-state index in [1.807, 2.05) is 6.92 Å². The third-order valence-corrected chi connectivity index (χ3v) is 10.9. The fraction of sp³-hybridized carbons (Fsp3) is 0.586. The van der Waals surface area contributed by atoms with Gasteiger partial charge in [-0.05, 0) is 98.0 Å². The van der Waals surface area contributed by atoms with Crippen molar-refractivity contribution >= 4 is 33.7 Å². The molecule has 1 heterocycles. The minimum atomic E-state index is -0.229. The van der Waals surface area contributed by atoms with Crippen molar-refractivity contribution in [2.24, 2.45) is 28.6 Å². The van der Waals surface area contributed by atoms with Crippen LogP contribution in [0.2, 0.25) is 0 Å². The molecule has 6 atom stereocenters. The van der Waals surface area contributed by atoms with Gasteiger partial charge in [0.25, 0.3) is 0 Å². The highest BCUT2D eigenvalue weighted by molar-refractivity contribution is 7.16. The summed E-state index contributed by atoms with van der Waals surface area (Å²) in [4.78, 5) is 18.4. The summed E-state index contributed by atoms with van der Waals surface area (Å²) in [6.45, 7) is 6.78. The highest BCUT2D eigenvalue weighted by atomic mass is 32.1. The monoisotopic (exact) mass is 494 g/mol. The van der Waals surface area contributed by atoms with Crippen LogP contribution < -0.4 is 5.32 Å². The summed E-state index contributed by atoms with van der Waals surface area (Å²) in [7, 11) is 0. The van der Waals surface area contributed by atoms with E-state index in [1.54, 1.807) is 23.5 Å². The Morgan fingerprint density at radius 1 is 1.17 bits per heavy atom. The number of allylic oxidation sites excluding steroid dienone is 2. The first-order valence-corrected chi connectivity index (χ1v) is 14.1. The summed E-state index contributed by atoms with van der Waals surface area (Å²) in [6, 6.07) is 6.47. The molecule has 1 aromatic carbocycles. The standard InChI is InChI=1S/C29H35FN2O2S/c1-4-25(33)34-24-12-11-20-19-9-10-22-26-23(14-16-28(22,2)21(19)13-15-29(20,24)3)32-27(35-26)31-18-7-5-17(30)6-8-18/h5-8,10,19-21,24H,4,9,11-16H2,1-3H3,(H,31,32)/t19-,20-,21-,24-,28+,29-/m0/s1. The van der Waals surface area contributed by atoms with Crippen LogP contribution in [-0.4, -0.2) is 17.1 Å². The molecule has 0 radical (unpaired) electrons. The number of fused-ring (bicyclic) bond motifs is 7. The van der Waals surface area contributed by atoms with E-state index in [1.165, 1.54) is 41.1 Å². The van der Waals surface area contributed by atoms with E-state index in [2.05, 4.69) is 25.2 Å². The molecule has 6 heteroatoms. The van der Waals surface area contributed by atoms with Gasteiger partial charge in [-0.1, -0.05) is 38.2 Å². The van der Waals surface area contributed by atoms with E-state index in [4.69, 9.17) is 9.72 Å². The van der Waals surface area contributed by atoms with Crippen molar-refractivity contribution in [1.29, 1.82) is 0 Å². The van der Waals surface area contributed by atoms with Crippen LogP contribution in [0.5, 0.6) is 0 Å². The Hall–Kier alpha value is -2.21. The number of esters is 1. The van der Waals surface area contributed by atoms with Crippen LogP contribution in [0.3, 0.4) is 0 Å². The second-order valence-corrected chi connectivity index (χ2v) is 12.5. The molecule has 1 N–H and O–H groups in total. The van der Waals surface area contributed by atoms with Crippen LogP contribution in [0, 0.1) is 34.4 Å². The van der Waals surface area contributed by atoms with Gasteiger partial charge in [0, 0.05) is 17.5 Å². The number of nitrogens with zero attached hydrogens (tertiary/aromatic N) is 1. The van der Waals surface area contributed by atoms with Crippen LogP contribution >= 0.6 is 11.3 Å². The molecule has 6 rings (SSSR count). The lowest BCUT2D eigenvalue weighted by Gasteiger charge is -2.56. The van der Waals surface area contributed by atoms with Crippen molar-refractivity contribution in [3.63, 3.8) is 0 Å². The molecule has 4 aliphatic carbocycles. The molecular weight excluding hydrogens is 459 g/mol. The van der Waals surface area contributed by atoms with Gasteiger partial charge in [-0.25, -0.2) is 9.37 Å². The van der Waals surface area contributed by atoms with E-state index in [-0.39, 0.29) is 28.7 Å². The normalized spacial score (nSPS) is 35.3. The number of ether oxygens (including phenoxy) is 1. The summed E-state index contributed by atoms with van der Waals surface area (Å²) >= 11 is 1.74. The highest BCUT2D eigenvalue weighted by Gasteiger charge is 2.60. The van der Waals surface area contributed by atoms with Gasteiger partial charge in [-0.15, -0.1) is 0 Å². The molecule has 0 unspecified atom stereocenters. The van der Waals surface area contributed by atoms with Gasteiger partial charge in [-0.2, -0.15) is 0 Å². The first kappa shape index (κ1) is 23.2. The summed E-state index contributed by atoms with van der Waals surface area (Å²) in [5, 5.41) is 4.28. The Balaban J connectivity index is 1.27. The fourth-order valence-corrected chi connectivity index (χ4v) is 9.18. The quantitative estimate of drug-likeness (QED) is 0.446. The molecule has 0 bridgehead atoms. The molecule has 186 valence electrons. The zero-order valence-electron chi connectivity index (χ0n) is 20.9. The molecule has 4 nitrogen and oxygen atoms in total. The maximum Gasteiger partial charge on any atom is 0.305 e. The van der Waals surface area contributed by atoms with Crippen molar-refractivity contribution in [1.82, 2.24) is 4.98 Å². The zero-order chi connectivity index (χ0) is 24.4. The minimum Gasteiger partial charge on any atom is -0.462 e. The number of hydrogen-bond acceptors (Lipinski definition) is 5. The topological polar surface area (TPSA) is 51.2 Å². The first-order valence-electron chi connectivity index (χ1n) is 13.2. The van der Waals surface area contributed by atoms with E-state index >= 15 is 0 Å². The third-order valence-electron chi connectivity index (χ3n) is 9.86. The Morgan fingerprint density at radius 2 is 1.97 bits per heavy atom. The number of rotatable bonds is 4. The maximum absolute atomic E-state index is 13.3. The first-order chi connectivity index (χ1) is 16.8. The molecule has 35 heavy (non-hydrogen) atoms. The van der Waals surface area contributed by atoms with Gasteiger partial charge in [0.05, 0.1) is 10.6 Å². The molecule has 2 aromatic rings. The van der Waals surface area contributed by atoms with Crippen LogP contribution in [0.15, 0.2) is 30.3 Å². The number of carbonyl (C=O) groups is 1. The van der Waals surface area contributed by atoms with Crippen LogP contribution in [0.1, 0.15) is 76.3 Å². The predicted octanol–water partition coefficient (Wildman–Crippen LogP) is 7.53. The molecule has 0 spiro atoms. The van der Waals surface area contributed by atoms with Crippen molar-refractivity contribution in [3.8, 4) is 0 Å². The number of nitrogens with one attached hydrogen (secondary N) is 1. The molecule has 0 saturated heterocycles. The highest BCUT2D eigenvalue weighted by Crippen LogP contribution is 2.66. The Kier molecular flexibility index (Phi) is 5.59. The number of hydrogen-bond donors (Lipinski definition) is 1. The van der Waals surface area contributed by atoms with Gasteiger partial charge in [-0.3, -0.25) is 4.79 Å². The van der Waals surface area contributed by atoms with Crippen molar-refractivity contribution in [2.75, 3.05) is 5.32 Å². The second-order valence-electron chi connectivity index (χ2n) is 11.5. The van der Waals surface area contributed by atoms with E-state index in [0.717, 1.165) is 42.9 Å². The summed E-state index contributed by atoms with van der Waals surface area (Å²) in [5.41, 5.74) is 3.86. The SMILES string of the molecule is CCC(=O)O[C@H]1CC[C@H]2[C@@H]3CC=C4c5sc(Nc6ccc(F)cc6)nc5CC[C@]4(C)[C@H]3CC[C@]12C. The molecule has 0 aliphatic heterocycles. The van der Waals surface area contributed by atoms with Gasteiger partial charge in [0.15, 0.2) is 5.13 Å². The van der Waals surface area contributed by atoms with E-state index in [9.17, 15) is 9.18 Å². The molecular formula is C29H35FN2O2S. The average molecular weight is 495 g/mol. The fourth-order valence-electron chi connectivity index (χ4n) is 7.97. The summed E-state index contributed by atoms with van der Waals surface area (Å²) < 4.78 is 19.3. The minimum absolute atomic E-state index is 0.0492. The maximum atomic E-state index is 13.3. The Labute approximate surface area is 211 Å². The van der Waals surface area contributed by atoms with Crippen molar-refractivity contribution in [2.45, 2.75) is 78.2 Å². The number of carbonyl (C=O) groups excluding carboxylic acids is 1. The predicted molar refractivity (Wildman–Crippen MR) is 138 cm³/mol. The van der Waals surface area contributed by atoms with Gasteiger partial charge < -0.3 is 10.1 Å². The van der Waals surface area contributed by atoms with E-state index < -0.39 is 0 Å². The van der Waals surface area contributed by atoms with Crippen LogP contribution in [0.4, 0.5) is 15.2 Å². The zero-order valence-corrected chi connectivity index (χ0v) is 21.7. The Morgan fingerprint density at radius 3 is 2.74 bits per heavy atom. The lowest BCUT2D eigenvalue weighted by molar-refractivity contribution is -0.158. The molecule has 4 aliphatic rings. The summed E-state index contributed by atoms with van der Waals surface area (Å²) in [5.74, 6) is 1.69. The van der Waals surface area contributed by atoms with Gasteiger partial charge in [0.2, 0.25) is 0 Å². The number of thiazole rings is 1. The number of aromatic nitrogens is 1. The van der Waals surface area contributed by atoms with Gasteiger partial charge in [0.1, 0.15) is 11.9 Å². The molecule has 2 saturated carbocycles. The second kappa shape index (κ2) is 8.43.